The Labute approximate surface area is 130 Å². The van der Waals surface area contributed by atoms with Crippen molar-refractivity contribution in [1.82, 2.24) is 5.32 Å². The molecule has 1 aromatic rings. The second kappa shape index (κ2) is 7.74. The summed E-state index contributed by atoms with van der Waals surface area (Å²) in [6, 6.07) is 10.00. The molecule has 0 saturated carbocycles. The summed E-state index contributed by atoms with van der Waals surface area (Å²) in [7, 11) is 1.69. The number of allylic oxidation sites excluding steroid dienone is 3. The highest BCUT2D eigenvalue weighted by molar-refractivity contribution is 6.31. The molecule has 4 heteroatoms. The molecular formula is C17H21ClFNO. The van der Waals surface area contributed by atoms with Gasteiger partial charge in [-0.2, -0.15) is 0 Å². The molecule has 1 unspecified atom stereocenters. The zero-order valence-corrected chi connectivity index (χ0v) is 13.0. The molecule has 0 amide bonds. The number of hydrogen-bond acceptors (Lipinski definition) is 2. The van der Waals surface area contributed by atoms with Crippen molar-refractivity contribution >= 4 is 11.6 Å². The first kappa shape index (κ1) is 16.2. The van der Waals surface area contributed by atoms with Crippen molar-refractivity contribution in [3.8, 4) is 0 Å². The Morgan fingerprint density at radius 1 is 1.33 bits per heavy atom. The fourth-order valence-electron chi connectivity index (χ4n) is 2.59. The van der Waals surface area contributed by atoms with Crippen LogP contribution in [-0.2, 0) is 10.2 Å². The van der Waals surface area contributed by atoms with Gasteiger partial charge in [0.15, 0.2) is 0 Å². The van der Waals surface area contributed by atoms with Gasteiger partial charge in [0.2, 0.25) is 0 Å². The third-order valence-electron chi connectivity index (χ3n) is 3.77. The monoisotopic (exact) mass is 309 g/mol. The summed E-state index contributed by atoms with van der Waals surface area (Å²) in [4.78, 5) is 0. The lowest BCUT2D eigenvalue weighted by Crippen LogP contribution is -2.38. The first-order valence-corrected chi connectivity index (χ1v) is 7.55. The molecule has 1 aromatic carbocycles. The Morgan fingerprint density at radius 3 is 2.76 bits per heavy atom. The van der Waals surface area contributed by atoms with Gasteiger partial charge in [-0.15, -0.1) is 0 Å². The van der Waals surface area contributed by atoms with Crippen molar-refractivity contribution in [1.29, 1.82) is 0 Å². The Morgan fingerprint density at radius 2 is 2.10 bits per heavy atom. The molecule has 0 fully saturated rings. The van der Waals surface area contributed by atoms with E-state index in [1.807, 2.05) is 30.3 Å². The molecule has 114 valence electrons. The normalized spacial score (nSPS) is 21.9. The van der Waals surface area contributed by atoms with Crippen LogP contribution in [0.1, 0.15) is 18.4 Å². The van der Waals surface area contributed by atoms with E-state index >= 15 is 0 Å². The van der Waals surface area contributed by atoms with Crippen LogP contribution in [0.2, 0.25) is 0 Å². The number of halogens is 2. The van der Waals surface area contributed by atoms with Gasteiger partial charge in [0, 0.05) is 25.7 Å². The fraction of sp³-hybridized carbons (Fsp3) is 0.412. The summed E-state index contributed by atoms with van der Waals surface area (Å²) in [5, 5.41) is 3.61. The fourth-order valence-corrected chi connectivity index (χ4v) is 2.72. The first-order valence-electron chi connectivity index (χ1n) is 7.17. The van der Waals surface area contributed by atoms with Crippen molar-refractivity contribution in [2.75, 3.05) is 26.8 Å². The topological polar surface area (TPSA) is 21.3 Å². The molecule has 0 bridgehead atoms. The maximum absolute atomic E-state index is 14.0. The summed E-state index contributed by atoms with van der Waals surface area (Å²) in [5.41, 5.74) is 0.719. The van der Waals surface area contributed by atoms with Crippen molar-refractivity contribution in [2.45, 2.75) is 18.3 Å². The molecule has 1 aliphatic rings. The molecule has 1 atom stereocenters. The predicted molar refractivity (Wildman–Crippen MR) is 85.2 cm³/mol. The SMILES string of the molecule is COCCCNCC1(c2ccccc2)C=C(F)C(Cl)=CC1. The van der Waals surface area contributed by atoms with Gasteiger partial charge < -0.3 is 10.1 Å². The number of hydrogen-bond donors (Lipinski definition) is 1. The van der Waals surface area contributed by atoms with Gasteiger partial charge in [-0.25, -0.2) is 4.39 Å². The van der Waals surface area contributed by atoms with E-state index in [9.17, 15) is 4.39 Å². The zero-order valence-electron chi connectivity index (χ0n) is 12.2. The number of rotatable bonds is 7. The molecule has 2 rings (SSSR count). The van der Waals surface area contributed by atoms with E-state index in [2.05, 4.69) is 5.32 Å². The maximum atomic E-state index is 14.0. The zero-order chi connectivity index (χ0) is 15.1. The molecular weight excluding hydrogens is 289 g/mol. The Bertz CT molecular complexity index is 515. The average Bonchev–Trinajstić information content (AvgIpc) is 2.52. The molecule has 21 heavy (non-hydrogen) atoms. The standard InChI is InChI=1S/C17H21ClFNO/c1-21-11-5-10-20-13-17(14-6-3-2-4-7-14)9-8-15(18)16(19)12-17/h2-4,6-8,12,20H,5,9-11,13H2,1H3. The van der Waals surface area contributed by atoms with Crippen molar-refractivity contribution < 1.29 is 9.13 Å². The molecule has 2 nitrogen and oxygen atoms in total. The highest BCUT2D eigenvalue weighted by Gasteiger charge is 2.32. The maximum Gasteiger partial charge on any atom is 0.138 e. The third kappa shape index (κ3) is 4.16. The van der Waals surface area contributed by atoms with E-state index in [1.54, 1.807) is 19.3 Å². The van der Waals surface area contributed by atoms with Crippen LogP contribution in [0.25, 0.3) is 0 Å². The van der Waals surface area contributed by atoms with Crippen LogP contribution >= 0.6 is 11.6 Å². The van der Waals surface area contributed by atoms with Gasteiger partial charge in [-0.3, -0.25) is 0 Å². The van der Waals surface area contributed by atoms with Gasteiger partial charge in [0.25, 0.3) is 0 Å². The Hall–Kier alpha value is -1.16. The lowest BCUT2D eigenvalue weighted by Gasteiger charge is -2.33. The minimum absolute atomic E-state index is 0.209. The van der Waals surface area contributed by atoms with Crippen LogP contribution in [0.15, 0.2) is 53.3 Å². The van der Waals surface area contributed by atoms with Gasteiger partial charge in [-0.1, -0.05) is 48.0 Å². The van der Waals surface area contributed by atoms with Crippen LogP contribution in [0.5, 0.6) is 0 Å². The Balaban J connectivity index is 2.13. The van der Waals surface area contributed by atoms with Crippen LogP contribution in [0, 0.1) is 0 Å². The lowest BCUT2D eigenvalue weighted by atomic mass is 9.75. The summed E-state index contributed by atoms with van der Waals surface area (Å²) in [5.74, 6) is -0.342. The van der Waals surface area contributed by atoms with Crippen LogP contribution < -0.4 is 5.32 Å². The second-order valence-corrected chi connectivity index (χ2v) is 5.70. The largest absolute Gasteiger partial charge is 0.385 e. The summed E-state index contributed by atoms with van der Waals surface area (Å²) in [6.07, 6.45) is 5.04. The van der Waals surface area contributed by atoms with Crippen LogP contribution in [0.3, 0.4) is 0 Å². The highest BCUT2D eigenvalue weighted by atomic mass is 35.5. The number of benzene rings is 1. The van der Waals surface area contributed by atoms with E-state index in [1.165, 1.54) is 0 Å². The van der Waals surface area contributed by atoms with Crippen molar-refractivity contribution in [2.24, 2.45) is 0 Å². The minimum Gasteiger partial charge on any atom is -0.385 e. The van der Waals surface area contributed by atoms with Crippen LogP contribution in [0.4, 0.5) is 4.39 Å². The number of methoxy groups -OCH3 is 1. The Kier molecular flexibility index (Phi) is 5.97. The molecule has 1 N–H and O–H groups in total. The van der Waals surface area contributed by atoms with Crippen molar-refractivity contribution in [3.05, 3.63) is 58.9 Å². The molecule has 0 aliphatic heterocycles. The smallest absolute Gasteiger partial charge is 0.138 e. The first-order chi connectivity index (χ1) is 10.2. The van der Waals surface area contributed by atoms with E-state index in [0.717, 1.165) is 25.1 Å². The molecule has 0 aromatic heterocycles. The lowest BCUT2D eigenvalue weighted by molar-refractivity contribution is 0.193. The molecule has 0 heterocycles. The summed E-state index contributed by atoms with van der Waals surface area (Å²) in [6.45, 7) is 2.24. The van der Waals surface area contributed by atoms with Gasteiger partial charge in [0.1, 0.15) is 5.83 Å². The number of nitrogens with one attached hydrogen (secondary N) is 1. The van der Waals surface area contributed by atoms with Gasteiger partial charge >= 0.3 is 0 Å². The highest BCUT2D eigenvalue weighted by Crippen LogP contribution is 2.38. The quantitative estimate of drug-likeness (QED) is 0.771. The summed E-state index contributed by atoms with van der Waals surface area (Å²) >= 11 is 5.87. The second-order valence-electron chi connectivity index (χ2n) is 5.29. The third-order valence-corrected chi connectivity index (χ3v) is 4.10. The predicted octanol–water partition coefficient (Wildman–Crippen LogP) is 3.93. The molecule has 0 spiro atoms. The van der Waals surface area contributed by atoms with E-state index in [-0.39, 0.29) is 16.3 Å². The summed E-state index contributed by atoms with van der Waals surface area (Å²) < 4.78 is 19.0. The molecule has 0 radical (unpaired) electrons. The molecule has 0 saturated heterocycles. The van der Waals surface area contributed by atoms with Gasteiger partial charge in [-0.05, 0) is 31.0 Å². The average molecular weight is 310 g/mol. The minimum atomic E-state index is -0.378. The number of ether oxygens (including phenoxy) is 1. The van der Waals surface area contributed by atoms with E-state index in [4.69, 9.17) is 16.3 Å². The van der Waals surface area contributed by atoms with Crippen LogP contribution in [-0.4, -0.2) is 26.8 Å². The van der Waals surface area contributed by atoms with Gasteiger partial charge in [0.05, 0.1) is 5.03 Å². The van der Waals surface area contributed by atoms with E-state index < -0.39 is 0 Å². The molecule has 1 aliphatic carbocycles. The van der Waals surface area contributed by atoms with Crippen molar-refractivity contribution in [3.63, 3.8) is 0 Å². The van der Waals surface area contributed by atoms with E-state index in [0.29, 0.717) is 13.0 Å².